The molecule has 2 aromatic carbocycles. The zero-order valence-electron chi connectivity index (χ0n) is 19.0. The topological polar surface area (TPSA) is 69.1 Å². The molecule has 180 valence electrons. The molecule has 8 nitrogen and oxygen atoms in total. The minimum Gasteiger partial charge on any atom is -0.497 e. The van der Waals surface area contributed by atoms with Gasteiger partial charge < -0.3 is 28.6 Å². The van der Waals surface area contributed by atoms with Gasteiger partial charge in [-0.25, -0.2) is 4.98 Å². The predicted molar refractivity (Wildman–Crippen MR) is 123 cm³/mol. The van der Waals surface area contributed by atoms with E-state index in [0.29, 0.717) is 12.3 Å². The number of hydrogen-bond donors (Lipinski definition) is 0. The molecule has 2 aliphatic heterocycles. The Balaban J connectivity index is 1.21. The molecule has 10 heteroatoms. The van der Waals surface area contributed by atoms with Crippen molar-refractivity contribution >= 4 is 16.7 Å². The molecule has 3 heterocycles. The number of halogens is 2. The third kappa shape index (κ3) is 4.37. The Morgan fingerprint density at radius 2 is 1.88 bits per heavy atom. The first-order valence-corrected chi connectivity index (χ1v) is 11.2. The summed E-state index contributed by atoms with van der Waals surface area (Å²) in [5.74, 6) is 0.789. The first-order chi connectivity index (χ1) is 16.3. The quantitative estimate of drug-likeness (QED) is 0.545. The maximum absolute atomic E-state index is 13.3. The molecule has 1 aromatic heterocycles. The highest BCUT2D eigenvalue weighted by molar-refractivity contribution is 5.76. The number of nitrogens with zero attached hydrogens (tertiary/aromatic N) is 4. The minimum absolute atomic E-state index is 0.0495. The molecule has 0 unspecified atom stereocenters. The van der Waals surface area contributed by atoms with Crippen LogP contribution in [0.15, 0.2) is 47.4 Å². The van der Waals surface area contributed by atoms with Gasteiger partial charge in [-0.05, 0) is 37.1 Å². The van der Waals surface area contributed by atoms with Crippen LogP contribution >= 0.6 is 0 Å². The lowest BCUT2D eigenvalue weighted by atomic mass is 10.0. The first kappa shape index (κ1) is 22.4. The summed E-state index contributed by atoms with van der Waals surface area (Å²) in [5, 5.41) is 0. The summed E-state index contributed by atoms with van der Waals surface area (Å²) in [6.07, 6.45) is -0.419. The van der Waals surface area contributed by atoms with Crippen LogP contribution in [0.5, 0.6) is 17.2 Å². The maximum atomic E-state index is 13.3. The highest BCUT2D eigenvalue weighted by atomic mass is 19.3. The van der Waals surface area contributed by atoms with E-state index in [1.165, 1.54) is 12.3 Å². The van der Waals surface area contributed by atoms with Crippen molar-refractivity contribution in [2.24, 2.45) is 0 Å². The fourth-order valence-electron chi connectivity index (χ4n) is 4.64. The van der Waals surface area contributed by atoms with Crippen LogP contribution < -0.4 is 24.7 Å². The number of methoxy groups -OCH3 is 1. The predicted octanol–water partition coefficient (Wildman–Crippen LogP) is 3.33. The van der Waals surface area contributed by atoms with Crippen molar-refractivity contribution in [2.75, 3.05) is 38.7 Å². The molecule has 3 aromatic rings. The van der Waals surface area contributed by atoms with Crippen LogP contribution in [-0.4, -0.2) is 60.6 Å². The fourth-order valence-corrected chi connectivity index (χ4v) is 4.64. The zero-order chi connectivity index (χ0) is 23.9. The lowest BCUT2D eigenvalue weighted by Gasteiger charge is -2.38. The number of benzene rings is 2. The van der Waals surface area contributed by atoms with E-state index in [4.69, 9.17) is 4.74 Å². The average molecular weight is 472 g/mol. The summed E-state index contributed by atoms with van der Waals surface area (Å²) < 4.78 is 42.8. The van der Waals surface area contributed by atoms with Crippen molar-refractivity contribution < 1.29 is 23.0 Å². The smallest absolute Gasteiger partial charge is 0.497 e. The monoisotopic (exact) mass is 472 g/mol. The number of anilines is 1. The maximum Gasteiger partial charge on any atom is 0.586 e. The lowest BCUT2D eigenvalue weighted by Crippen LogP contribution is -2.44. The summed E-state index contributed by atoms with van der Waals surface area (Å²) in [5.41, 5.74) is 2.18. The van der Waals surface area contributed by atoms with E-state index in [1.807, 2.05) is 25.2 Å². The molecule has 0 aliphatic carbocycles. The summed E-state index contributed by atoms with van der Waals surface area (Å²) in [6, 6.07) is 10.7. The van der Waals surface area contributed by atoms with Crippen LogP contribution in [0.4, 0.5) is 14.5 Å². The Morgan fingerprint density at radius 1 is 1.12 bits per heavy atom. The van der Waals surface area contributed by atoms with E-state index in [1.54, 1.807) is 23.8 Å². The van der Waals surface area contributed by atoms with Gasteiger partial charge in [-0.3, -0.25) is 4.79 Å². The van der Waals surface area contributed by atoms with Crippen LogP contribution in [0, 0.1) is 0 Å². The van der Waals surface area contributed by atoms with Gasteiger partial charge in [0, 0.05) is 57.1 Å². The molecule has 2 aliphatic rings. The highest BCUT2D eigenvalue weighted by Crippen LogP contribution is 2.43. The van der Waals surface area contributed by atoms with Crippen molar-refractivity contribution in [3.63, 3.8) is 0 Å². The number of ether oxygens (including phenoxy) is 3. The second kappa shape index (κ2) is 8.75. The van der Waals surface area contributed by atoms with Crippen molar-refractivity contribution in [3.8, 4) is 17.2 Å². The molecule has 1 fully saturated rings. The van der Waals surface area contributed by atoms with E-state index in [2.05, 4.69) is 24.3 Å². The van der Waals surface area contributed by atoms with Gasteiger partial charge in [0.1, 0.15) is 5.75 Å². The molecule has 1 saturated heterocycles. The van der Waals surface area contributed by atoms with Gasteiger partial charge in [-0.2, -0.15) is 0 Å². The third-order valence-electron chi connectivity index (χ3n) is 6.59. The second-order valence-corrected chi connectivity index (χ2v) is 8.58. The summed E-state index contributed by atoms with van der Waals surface area (Å²) in [6.45, 7) is 3.05. The number of rotatable bonds is 6. The van der Waals surface area contributed by atoms with Gasteiger partial charge in [-0.15, -0.1) is 8.78 Å². The van der Waals surface area contributed by atoms with Crippen molar-refractivity contribution in [2.45, 2.75) is 31.7 Å². The molecule has 0 spiro atoms. The van der Waals surface area contributed by atoms with Crippen LogP contribution in [0.2, 0.25) is 0 Å². The zero-order valence-corrected chi connectivity index (χ0v) is 19.0. The number of fused-ring (bicyclic) bond motifs is 2. The van der Waals surface area contributed by atoms with Gasteiger partial charge in [0.05, 0.1) is 24.3 Å². The Bertz CT molecular complexity index is 1260. The fraction of sp³-hybridized carbons (Fsp3) is 0.417. The Labute approximate surface area is 195 Å². The van der Waals surface area contributed by atoms with Crippen LogP contribution in [0.1, 0.15) is 12.8 Å². The van der Waals surface area contributed by atoms with E-state index in [-0.39, 0.29) is 23.1 Å². The summed E-state index contributed by atoms with van der Waals surface area (Å²) in [7, 11) is 3.56. The van der Waals surface area contributed by atoms with Gasteiger partial charge >= 0.3 is 6.29 Å². The number of hydrogen-bond acceptors (Lipinski definition) is 7. The van der Waals surface area contributed by atoms with Crippen LogP contribution in [0.3, 0.4) is 0 Å². The molecule has 0 radical (unpaired) electrons. The molecule has 0 saturated carbocycles. The summed E-state index contributed by atoms with van der Waals surface area (Å²) in [4.78, 5) is 21.2. The van der Waals surface area contributed by atoms with E-state index in [0.717, 1.165) is 49.2 Å². The molecule has 5 rings (SSSR count). The molecule has 0 amide bonds. The average Bonchev–Trinajstić information content (AvgIpc) is 3.16. The van der Waals surface area contributed by atoms with E-state index < -0.39 is 6.29 Å². The van der Waals surface area contributed by atoms with Gasteiger partial charge in [0.2, 0.25) is 0 Å². The number of likely N-dealkylation sites (tertiary alicyclic amines) is 1. The Hall–Kier alpha value is -3.40. The van der Waals surface area contributed by atoms with E-state index in [9.17, 15) is 13.6 Å². The van der Waals surface area contributed by atoms with Crippen molar-refractivity contribution in [1.82, 2.24) is 14.5 Å². The lowest BCUT2D eigenvalue weighted by molar-refractivity contribution is -0.286. The van der Waals surface area contributed by atoms with Crippen molar-refractivity contribution in [1.29, 1.82) is 0 Å². The van der Waals surface area contributed by atoms with E-state index >= 15 is 0 Å². The van der Waals surface area contributed by atoms with Gasteiger partial charge in [0.15, 0.2) is 11.5 Å². The van der Waals surface area contributed by atoms with Crippen LogP contribution in [0.25, 0.3) is 11.0 Å². The second-order valence-electron chi connectivity index (χ2n) is 8.58. The molecule has 34 heavy (non-hydrogen) atoms. The normalized spacial score (nSPS) is 17.8. The molecular weight excluding hydrogens is 446 g/mol. The Morgan fingerprint density at radius 3 is 2.65 bits per heavy atom. The summed E-state index contributed by atoms with van der Waals surface area (Å²) >= 11 is 0. The number of alkyl halides is 2. The molecule has 0 atom stereocenters. The van der Waals surface area contributed by atoms with Gasteiger partial charge in [0.25, 0.3) is 5.56 Å². The first-order valence-electron chi connectivity index (χ1n) is 11.2. The Kier molecular flexibility index (Phi) is 5.76. The van der Waals surface area contributed by atoms with Gasteiger partial charge in [-0.1, -0.05) is 0 Å². The SMILES string of the molecule is COc1ccc2ncc(=O)n(CCN3CCC(N(C)c4ccc5c(c4)OC(F)(F)O5)CC3)c2c1. The largest absolute Gasteiger partial charge is 0.586 e. The third-order valence-corrected chi connectivity index (χ3v) is 6.59. The molecule has 0 bridgehead atoms. The van der Waals surface area contributed by atoms with Crippen molar-refractivity contribution in [3.05, 3.63) is 52.9 Å². The number of piperidine rings is 1. The minimum atomic E-state index is -3.61. The van der Waals surface area contributed by atoms with Crippen LogP contribution in [-0.2, 0) is 6.54 Å². The molecule has 0 N–H and O–H groups in total. The standard InChI is InChI=1S/C24H26F2N4O4/c1-28(17-3-6-21-22(13-17)34-24(25,26)33-21)16-7-9-29(10-8-16)11-12-30-20-14-18(32-2)4-5-19(20)27-15-23(30)31/h3-6,13-16H,7-12H2,1-2H3. The molecular formula is C24H26F2N4O4. The highest BCUT2D eigenvalue weighted by Gasteiger charge is 2.43. The number of aromatic nitrogens is 2.